The van der Waals surface area contributed by atoms with Gasteiger partial charge in [0.05, 0.1) is 6.61 Å². The highest BCUT2D eigenvalue weighted by molar-refractivity contribution is 5.70. The Labute approximate surface area is 346 Å². The number of carbonyl (C=O) groups excluding carboxylic acids is 2. The summed E-state index contributed by atoms with van der Waals surface area (Å²) in [5.74, 6) is -0.460. The van der Waals surface area contributed by atoms with Crippen LogP contribution in [0, 0.1) is 0 Å². The zero-order chi connectivity index (χ0) is 40.7. The largest absolute Gasteiger partial charge is 0.462 e. The number of hydrogen-bond donors (Lipinski definition) is 0. The highest BCUT2D eigenvalue weighted by Gasteiger charge is 2.17. The van der Waals surface area contributed by atoms with E-state index in [-0.39, 0.29) is 25.2 Å². The molecule has 0 spiro atoms. The molecule has 0 aromatic carbocycles. The van der Waals surface area contributed by atoms with Crippen molar-refractivity contribution in [1.29, 1.82) is 0 Å². The van der Waals surface area contributed by atoms with Crippen LogP contribution in [0.15, 0.2) is 85.1 Å². The van der Waals surface area contributed by atoms with Crippen molar-refractivity contribution in [3.8, 4) is 0 Å². The van der Waals surface area contributed by atoms with Crippen LogP contribution in [0.2, 0.25) is 0 Å². The lowest BCUT2D eigenvalue weighted by atomic mass is 10.1. The Morgan fingerprint density at radius 2 is 0.821 bits per heavy atom. The van der Waals surface area contributed by atoms with Crippen LogP contribution in [-0.2, 0) is 23.8 Å². The molecule has 1 atom stereocenters. The Kier molecular flexibility index (Phi) is 44.0. The first-order chi connectivity index (χ1) is 27.6. The van der Waals surface area contributed by atoms with E-state index in [1.165, 1.54) is 70.6 Å². The first-order valence-electron chi connectivity index (χ1n) is 23.1. The van der Waals surface area contributed by atoms with Crippen molar-refractivity contribution in [2.75, 3.05) is 19.8 Å². The van der Waals surface area contributed by atoms with E-state index in [4.69, 9.17) is 14.2 Å². The first-order valence-corrected chi connectivity index (χ1v) is 23.1. The maximum absolute atomic E-state index is 12.7. The second kappa shape index (κ2) is 46.5. The molecule has 0 aliphatic carbocycles. The number of hydrogen-bond acceptors (Lipinski definition) is 5. The number of carbonyl (C=O) groups is 2. The minimum atomic E-state index is -0.576. The third-order valence-electron chi connectivity index (χ3n) is 9.38. The molecular formula is C51H86O5. The quantitative estimate of drug-likeness (QED) is 0.0351. The van der Waals surface area contributed by atoms with Gasteiger partial charge in [0.15, 0.2) is 6.10 Å². The molecule has 5 heteroatoms. The van der Waals surface area contributed by atoms with Gasteiger partial charge in [-0.15, -0.1) is 0 Å². The van der Waals surface area contributed by atoms with Crippen LogP contribution >= 0.6 is 0 Å². The second-order valence-corrected chi connectivity index (χ2v) is 14.9. The lowest BCUT2D eigenvalue weighted by Gasteiger charge is -2.18. The van der Waals surface area contributed by atoms with Crippen molar-refractivity contribution >= 4 is 11.9 Å². The van der Waals surface area contributed by atoms with E-state index < -0.39 is 6.10 Å². The predicted octanol–water partition coefficient (Wildman–Crippen LogP) is 15.3. The number of ether oxygens (including phenoxy) is 3. The van der Waals surface area contributed by atoms with E-state index in [2.05, 4.69) is 106 Å². The van der Waals surface area contributed by atoms with Crippen LogP contribution < -0.4 is 0 Å². The number of esters is 2. The van der Waals surface area contributed by atoms with E-state index in [0.29, 0.717) is 19.4 Å². The van der Waals surface area contributed by atoms with Gasteiger partial charge < -0.3 is 14.2 Å². The van der Waals surface area contributed by atoms with E-state index in [1.54, 1.807) is 0 Å². The monoisotopic (exact) mass is 779 g/mol. The molecule has 320 valence electrons. The number of allylic oxidation sites excluding steroid dienone is 14. The lowest BCUT2D eigenvalue weighted by Crippen LogP contribution is -2.30. The summed E-state index contributed by atoms with van der Waals surface area (Å²) in [4.78, 5) is 25.2. The maximum Gasteiger partial charge on any atom is 0.306 e. The molecule has 0 N–H and O–H groups in total. The summed E-state index contributed by atoms with van der Waals surface area (Å²) in [6, 6.07) is 0. The van der Waals surface area contributed by atoms with Gasteiger partial charge in [-0.25, -0.2) is 0 Å². The summed E-state index contributed by atoms with van der Waals surface area (Å²) in [6.45, 7) is 7.48. The van der Waals surface area contributed by atoms with Gasteiger partial charge in [0.25, 0.3) is 0 Å². The zero-order valence-electron chi connectivity index (χ0n) is 36.6. The van der Waals surface area contributed by atoms with Gasteiger partial charge in [0.2, 0.25) is 0 Å². The van der Waals surface area contributed by atoms with Crippen LogP contribution in [0.1, 0.15) is 201 Å². The highest BCUT2D eigenvalue weighted by atomic mass is 16.6. The van der Waals surface area contributed by atoms with Crippen molar-refractivity contribution in [3.05, 3.63) is 85.1 Å². The van der Waals surface area contributed by atoms with Gasteiger partial charge >= 0.3 is 11.9 Å². The van der Waals surface area contributed by atoms with E-state index in [0.717, 1.165) is 96.3 Å². The van der Waals surface area contributed by atoms with Crippen molar-refractivity contribution in [2.24, 2.45) is 0 Å². The molecule has 0 amide bonds. The minimum absolute atomic E-state index is 0.0491. The third kappa shape index (κ3) is 43.8. The zero-order valence-corrected chi connectivity index (χ0v) is 36.6. The van der Waals surface area contributed by atoms with Gasteiger partial charge in [-0.1, -0.05) is 170 Å². The van der Waals surface area contributed by atoms with Gasteiger partial charge in [-0.3, -0.25) is 9.59 Å². The van der Waals surface area contributed by atoms with Gasteiger partial charge in [-0.05, 0) is 103 Å². The summed E-state index contributed by atoms with van der Waals surface area (Å²) in [7, 11) is 0. The van der Waals surface area contributed by atoms with Crippen LogP contribution in [-0.4, -0.2) is 37.9 Å². The molecule has 0 aromatic rings. The van der Waals surface area contributed by atoms with Gasteiger partial charge in [0.1, 0.15) is 6.61 Å². The maximum atomic E-state index is 12.7. The van der Waals surface area contributed by atoms with Crippen molar-refractivity contribution < 1.29 is 23.8 Å². The second-order valence-electron chi connectivity index (χ2n) is 14.9. The molecule has 0 saturated carbocycles. The van der Waals surface area contributed by atoms with Gasteiger partial charge in [0, 0.05) is 19.4 Å². The molecule has 0 saturated heterocycles. The Balaban J connectivity index is 4.38. The van der Waals surface area contributed by atoms with Crippen molar-refractivity contribution in [3.63, 3.8) is 0 Å². The SMILES string of the molecule is CC/C=C\C/C=C\C/C=C\C/C=C\CCCOCC(COC(=O)CCCCCCC/C=C\C/C=C\CCCCC)OC(=O)CCCCCCC/C=C\CCCC. The Morgan fingerprint density at radius 1 is 0.411 bits per heavy atom. The van der Waals surface area contributed by atoms with E-state index >= 15 is 0 Å². The Bertz CT molecular complexity index is 1060. The topological polar surface area (TPSA) is 61.8 Å². The standard InChI is InChI=1S/C51H86O5/c1-4-7-10-13-16-19-22-24-26-27-30-32-35-38-41-44-50(52)55-48-49(56-51(53)45-42-39-36-33-29-21-18-15-12-9-6-3)47-54-46-43-40-37-34-31-28-25-23-20-17-14-11-8-5-2/h8,11,15-20,24-26,28,34,37,49H,4-7,9-10,12-14,21-23,27,29-33,35-36,38-48H2,1-3H3/b11-8-,18-15-,19-16-,20-17-,26-24-,28-25-,37-34-. The molecule has 0 aliphatic heterocycles. The smallest absolute Gasteiger partial charge is 0.306 e. The predicted molar refractivity (Wildman–Crippen MR) is 242 cm³/mol. The van der Waals surface area contributed by atoms with Crippen LogP contribution in [0.3, 0.4) is 0 Å². The summed E-state index contributed by atoms with van der Waals surface area (Å²) in [5, 5.41) is 0. The average molecular weight is 779 g/mol. The number of unbranched alkanes of at least 4 members (excludes halogenated alkanes) is 16. The molecule has 0 aromatic heterocycles. The fourth-order valence-electron chi connectivity index (χ4n) is 5.93. The highest BCUT2D eigenvalue weighted by Crippen LogP contribution is 2.12. The third-order valence-corrected chi connectivity index (χ3v) is 9.38. The molecule has 0 aliphatic rings. The molecule has 5 nitrogen and oxygen atoms in total. The summed E-state index contributed by atoms with van der Waals surface area (Å²) >= 11 is 0. The summed E-state index contributed by atoms with van der Waals surface area (Å²) < 4.78 is 17.2. The number of rotatable bonds is 41. The molecule has 0 rings (SSSR count). The van der Waals surface area contributed by atoms with Crippen molar-refractivity contribution in [1.82, 2.24) is 0 Å². The molecule has 0 fully saturated rings. The fourth-order valence-corrected chi connectivity index (χ4v) is 5.93. The van der Waals surface area contributed by atoms with Crippen molar-refractivity contribution in [2.45, 2.75) is 207 Å². The molecule has 1 unspecified atom stereocenters. The van der Waals surface area contributed by atoms with Crippen LogP contribution in [0.5, 0.6) is 0 Å². The summed E-state index contributed by atoms with van der Waals surface area (Å²) in [5.41, 5.74) is 0. The molecule has 0 heterocycles. The van der Waals surface area contributed by atoms with E-state index in [1.807, 2.05) is 0 Å². The summed E-state index contributed by atoms with van der Waals surface area (Å²) in [6.07, 6.45) is 60.2. The first kappa shape index (κ1) is 53.1. The van der Waals surface area contributed by atoms with Crippen LogP contribution in [0.25, 0.3) is 0 Å². The molecule has 0 bridgehead atoms. The average Bonchev–Trinajstić information content (AvgIpc) is 3.20. The van der Waals surface area contributed by atoms with Crippen LogP contribution in [0.4, 0.5) is 0 Å². The normalized spacial score (nSPS) is 13.0. The molecular weight excluding hydrogens is 693 g/mol. The Hall–Kier alpha value is -2.92. The van der Waals surface area contributed by atoms with E-state index in [9.17, 15) is 9.59 Å². The molecule has 56 heavy (non-hydrogen) atoms. The Morgan fingerprint density at radius 3 is 1.36 bits per heavy atom. The van der Waals surface area contributed by atoms with Gasteiger partial charge in [-0.2, -0.15) is 0 Å². The fraction of sp³-hybridized carbons (Fsp3) is 0.686. The minimum Gasteiger partial charge on any atom is -0.462 e. The lowest BCUT2D eigenvalue weighted by molar-refractivity contribution is -0.163. The molecule has 0 radical (unpaired) electrons.